The Hall–Kier alpha value is -5.11. The summed E-state index contributed by atoms with van der Waals surface area (Å²) in [5.74, 6) is 2.02. The number of anilines is 1. The lowest BCUT2D eigenvalue weighted by atomic mass is 9.90. The molecule has 3 aromatic rings. The Morgan fingerprint density at radius 2 is 1.54 bits per heavy atom. The molecule has 1 fully saturated rings. The molecule has 0 aromatic heterocycles. The number of unbranched alkanes of at least 4 members (excludes halogenated alkanes) is 1. The fourth-order valence-corrected chi connectivity index (χ4v) is 6.88. The van der Waals surface area contributed by atoms with E-state index in [2.05, 4.69) is 56.0 Å². The second-order valence-electron chi connectivity index (χ2n) is 15.0. The lowest BCUT2D eigenvalue weighted by molar-refractivity contribution is -0.385. The number of likely N-dealkylation sites (tertiary alicyclic amines) is 1. The molecule has 14 heteroatoms. The van der Waals surface area contributed by atoms with Crippen LogP contribution in [0.2, 0.25) is 0 Å². The van der Waals surface area contributed by atoms with Crippen molar-refractivity contribution in [1.29, 1.82) is 0 Å². The highest BCUT2D eigenvalue weighted by Gasteiger charge is 2.30. The number of non-ortho nitro benzene ring substituents is 1. The molecule has 1 aliphatic rings. The SMILES string of the molecule is CCC(C)c1cc([N+](=O)[O-])ccc1OC.CCCCOC(=O)c1ccc(OC)c(N(C)C(C)=O)c1.COC(=O)C1CCCCN1C(C)=O.CSc1ccccc1C(C)C(C)C. The normalized spacial score (nSPS) is 13.9. The number of hydrogen-bond donors (Lipinski definition) is 0. The van der Waals surface area contributed by atoms with E-state index in [9.17, 15) is 29.3 Å². The number of benzene rings is 3. The van der Waals surface area contributed by atoms with Gasteiger partial charge in [0.25, 0.3) is 5.69 Å². The molecule has 1 heterocycles. The van der Waals surface area contributed by atoms with Gasteiger partial charge < -0.3 is 28.7 Å². The molecule has 3 atom stereocenters. The fourth-order valence-electron chi connectivity index (χ4n) is 6.17. The van der Waals surface area contributed by atoms with Crippen LogP contribution in [-0.4, -0.2) is 87.4 Å². The summed E-state index contributed by atoms with van der Waals surface area (Å²) in [6, 6.07) is 17.9. The van der Waals surface area contributed by atoms with Crippen LogP contribution in [-0.2, 0) is 23.9 Å². The molecule has 3 unspecified atom stereocenters. The van der Waals surface area contributed by atoms with E-state index in [-0.39, 0.29) is 46.3 Å². The highest BCUT2D eigenvalue weighted by molar-refractivity contribution is 7.98. The van der Waals surface area contributed by atoms with Crippen molar-refractivity contribution in [2.75, 3.05) is 52.7 Å². The fraction of sp³-hybridized carbons (Fsp3) is 0.532. The molecule has 0 spiro atoms. The van der Waals surface area contributed by atoms with E-state index in [0.717, 1.165) is 49.8 Å². The smallest absolute Gasteiger partial charge is 0.338 e. The molecule has 3 aromatic carbocycles. The number of amides is 2. The molecule has 1 aliphatic heterocycles. The highest BCUT2D eigenvalue weighted by atomic mass is 32.2. The van der Waals surface area contributed by atoms with Gasteiger partial charge in [-0.25, -0.2) is 9.59 Å². The maximum atomic E-state index is 11.9. The first-order valence-corrected chi connectivity index (χ1v) is 22.1. The minimum Gasteiger partial charge on any atom is -0.496 e. The predicted octanol–water partition coefficient (Wildman–Crippen LogP) is 10.5. The zero-order valence-electron chi connectivity index (χ0n) is 38.6. The highest BCUT2D eigenvalue weighted by Crippen LogP contribution is 2.33. The number of nitro benzene ring substituents is 1. The number of esters is 2. The van der Waals surface area contributed by atoms with Gasteiger partial charge in [-0.15, -0.1) is 11.8 Å². The second kappa shape index (κ2) is 28.4. The van der Waals surface area contributed by atoms with Gasteiger partial charge in [0, 0.05) is 50.0 Å². The van der Waals surface area contributed by atoms with Crippen LogP contribution < -0.4 is 14.4 Å². The van der Waals surface area contributed by atoms with E-state index in [1.807, 2.05) is 32.5 Å². The maximum absolute atomic E-state index is 11.9. The molecular weight excluding hydrogens is 799 g/mol. The third-order valence-corrected chi connectivity index (χ3v) is 11.4. The van der Waals surface area contributed by atoms with Gasteiger partial charge in [-0.3, -0.25) is 19.7 Å². The van der Waals surface area contributed by atoms with Gasteiger partial charge in [-0.05, 0) is 92.0 Å². The summed E-state index contributed by atoms with van der Waals surface area (Å²) in [6.07, 6.45) is 7.57. The van der Waals surface area contributed by atoms with Gasteiger partial charge in [-0.1, -0.05) is 66.2 Å². The van der Waals surface area contributed by atoms with E-state index in [4.69, 9.17) is 14.2 Å². The first kappa shape index (κ1) is 53.9. The van der Waals surface area contributed by atoms with Gasteiger partial charge in [0.2, 0.25) is 11.8 Å². The molecule has 0 saturated carbocycles. The van der Waals surface area contributed by atoms with Crippen LogP contribution in [0.4, 0.5) is 11.4 Å². The first-order chi connectivity index (χ1) is 28.9. The van der Waals surface area contributed by atoms with Crippen molar-refractivity contribution in [3.63, 3.8) is 0 Å². The molecule has 4 rings (SSSR count). The Labute approximate surface area is 368 Å². The number of hydrogen-bond acceptors (Lipinski definition) is 11. The summed E-state index contributed by atoms with van der Waals surface area (Å²) in [4.78, 5) is 60.5. The van der Waals surface area contributed by atoms with Gasteiger partial charge in [0.15, 0.2) is 0 Å². The number of carbonyl (C=O) groups is 4. The van der Waals surface area contributed by atoms with Crippen molar-refractivity contribution in [2.24, 2.45) is 5.92 Å². The monoisotopic (exact) mass is 867 g/mol. The van der Waals surface area contributed by atoms with Crippen molar-refractivity contribution >= 4 is 46.9 Å². The van der Waals surface area contributed by atoms with Crippen LogP contribution in [0.3, 0.4) is 0 Å². The average molecular weight is 868 g/mol. The second-order valence-corrected chi connectivity index (χ2v) is 15.8. The van der Waals surface area contributed by atoms with Crippen LogP contribution in [0.15, 0.2) is 65.6 Å². The Bertz CT molecular complexity index is 1850. The molecule has 0 N–H and O–H groups in total. The molecule has 13 nitrogen and oxygen atoms in total. The summed E-state index contributed by atoms with van der Waals surface area (Å²) in [7, 11) is 6.08. The average Bonchev–Trinajstić information content (AvgIpc) is 3.27. The number of thioether (sulfide) groups is 1. The first-order valence-electron chi connectivity index (χ1n) is 20.8. The Morgan fingerprint density at radius 1 is 0.902 bits per heavy atom. The maximum Gasteiger partial charge on any atom is 0.338 e. The lowest BCUT2D eigenvalue weighted by Gasteiger charge is -2.32. The van der Waals surface area contributed by atoms with E-state index < -0.39 is 0 Å². The van der Waals surface area contributed by atoms with Gasteiger partial charge in [0.05, 0.1) is 44.1 Å². The van der Waals surface area contributed by atoms with Gasteiger partial charge >= 0.3 is 11.9 Å². The van der Waals surface area contributed by atoms with Crippen LogP contribution in [0.1, 0.15) is 127 Å². The van der Waals surface area contributed by atoms with Crippen molar-refractivity contribution in [2.45, 2.75) is 117 Å². The molecule has 61 heavy (non-hydrogen) atoms. The van der Waals surface area contributed by atoms with Crippen molar-refractivity contribution < 1.29 is 43.0 Å². The number of nitro groups is 1. The summed E-state index contributed by atoms with van der Waals surface area (Å²) in [6.45, 7) is 17.0. The third kappa shape index (κ3) is 17.4. The van der Waals surface area contributed by atoms with E-state index in [1.54, 1.807) is 49.4 Å². The minimum atomic E-state index is -0.390. The zero-order chi connectivity index (χ0) is 46.2. The summed E-state index contributed by atoms with van der Waals surface area (Å²) in [5, 5.41) is 10.6. The predicted molar refractivity (Wildman–Crippen MR) is 244 cm³/mol. The molecule has 0 radical (unpaired) electrons. The van der Waals surface area contributed by atoms with Crippen LogP contribution in [0, 0.1) is 16.0 Å². The number of rotatable bonds is 14. The zero-order valence-corrected chi connectivity index (χ0v) is 39.4. The Morgan fingerprint density at radius 3 is 2.07 bits per heavy atom. The molecule has 338 valence electrons. The summed E-state index contributed by atoms with van der Waals surface area (Å²) in [5.41, 5.74) is 3.46. The Balaban J connectivity index is 0.000000413. The number of methoxy groups -OCH3 is 3. The van der Waals surface area contributed by atoms with E-state index in [0.29, 0.717) is 42.0 Å². The Kier molecular flexibility index (Phi) is 25.1. The number of nitrogens with zero attached hydrogens (tertiary/aromatic N) is 3. The van der Waals surface area contributed by atoms with E-state index in [1.165, 1.54) is 49.5 Å². The summed E-state index contributed by atoms with van der Waals surface area (Å²) >= 11 is 1.84. The third-order valence-electron chi connectivity index (χ3n) is 10.6. The molecule has 2 amide bonds. The van der Waals surface area contributed by atoms with Crippen molar-refractivity contribution in [1.82, 2.24) is 4.90 Å². The minimum absolute atomic E-state index is 0.0462. The van der Waals surface area contributed by atoms with E-state index >= 15 is 0 Å². The number of piperidine rings is 1. The molecule has 1 saturated heterocycles. The quantitative estimate of drug-likeness (QED) is 0.0500. The lowest BCUT2D eigenvalue weighted by Crippen LogP contribution is -2.47. The van der Waals surface area contributed by atoms with Crippen LogP contribution in [0.5, 0.6) is 11.5 Å². The topological polar surface area (TPSA) is 155 Å². The number of ether oxygens (including phenoxy) is 4. The van der Waals surface area contributed by atoms with Crippen LogP contribution >= 0.6 is 11.8 Å². The largest absolute Gasteiger partial charge is 0.496 e. The summed E-state index contributed by atoms with van der Waals surface area (Å²) < 4.78 is 20.2. The molecule has 0 bridgehead atoms. The van der Waals surface area contributed by atoms with Crippen LogP contribution in [0.25, 0.3) is 0 Å². The molecule has 0 aliphatic carbocycles. The van der Waals surface area contributed by atoms with Gasteiger partial charge in [-0.2, -0.15) is 0 Å². The number of carbonyl (C=O) groups excluding carboxylic acids is 4. The standard InChI is InChI=1S/C15H21NO4.C12H18S.C11H15NO3.C9H15NO3/c1-5-6-9-20-15(18)12-7-8-14(19-4)13(10-12)16(3)11(2)17;1-9(2)10(3)11-7-5-6-8-12(11)13-4;1-4-8(2)10-7-9(12(13)14)5-6-11(10)15-3;1-7(11)10-6-4-3-5-8(10)9(12)13-2/h7-8,10H,5-6,9H2,1-4H3;5-10H,1-4H3;5-8H,4H2,1-3H3;8H,3-6H2,1-2H3. The van der Waals surface area contributed by atoms with Crippen molar-refractivity contribution in [3.05, 3.63) is 87.5 Å². The molecular formula is C47H69N3O10S. The van der Waals surface area contributed by atoms with Crippen molar-refractivity contribution in [3.8, 4) is 11.5 Å². The van der Waals surface area contributed by atoms with Gasteiger partial charge in [0.1, 0.15) is 17.5 Å².